The molecule has 5 rings (SSSR count). The molecule has 0 saturated heterocycles. The number of aromatic nitrogens is 5. The molecule has 7 nitrogen and oxygen atoms in total. The van der Waals surface area contributed by atoms with Gasteiger partial charge in [-0.25, -0.2) is 4.57 Å². The SMILES string of the molecule is CC1(C)Cc2c(sc3c2c2[n+](c4nnnn34)CCCN2)CO1. The van der Waals surface area contributed by atoms with E-state index in [0.29, 0.717) is 6.61 Å². The maximum atomic E-state index is 5.98. The summed E-state index contributed by atoms with van der Waals surface area (Å²) in [6.07, 6.45) is 2.01. The van der Waals surface area contributed by atoms with E-state index in [1.165, 1.54) is 21.6 Å². The van der Waals surface area contributed by atoms with Crippen LogP contribution in [0.25, 0.3) is 16.0 Å². The van der Waals surface area contributed by atoms with Gasteiger partial charge >= 0.3 is 5.78 Å². The van der Waals surface area contributed by atoms with Gasteiger partial charge in [0.1, 0.15) is 0 Å². The van der Waals surface area contributed by atoms with E-state index in [-0.39, 0.29) is 5.60 Å². The van der Waals surface area contributed by atoms with Crippen LogP contribution in [0.15, 0.2) is 0 Å². The van der Waals surface area contributed by atoms with Gasteiger partial charge in [-0.15, -0.1) is 11.3 Å². The predicted molar refractivity (Wildman–Crippen MR) is 82.0 cm³/mol. The quantitative estimate of drug-likeness (QED) is 0.633. The maximum absolute atomic E-state index is 5.98. The highest BCUT2D eigenvalue weighted by atomic mass is 32.1. The van der Waals surface area contributed by atoms with Crippen molar-refractivity contribution >= 4 is 33.1 Å². The minimum absolute atomic E-state index is 0.122. The van der Waals surface area contributed by atoms with Crippen molar-refractivity contribution in [3.05, 3.63) is 10.4 Å². The molecule has 0 aliphatic carbocycles. The van der Waals surface area contributed by atoms with Crippen LogP contribution in [0.2, 0.25) is 0 Å². The lowest BCUT2D eigenvalue weighted by atomic mass is 9.94. The zero-order chi connectivity index (χ0) is 14.9. The molecule has 114 valence electrons. The first-order valence-corrected chi connectivity index (χ1v) is 8.42. The lowest BCUT2D eigenvalue weighted by Crippen LogP contribution is -2.44. The van der Waals surface area contributed by atoms with Gasteiger partial charge in [-0.05, 0) is 19.4 Å². The molecule has 1 N–H and O–H groups in total. The van der Waals surface area contributed by atoms with E-state index in [0.717, 1.165) is 36.5 Å². The fourth-order valence-corrected chi connectivity index (χ4v) is 4.66. The zero-order valence-corrected chi connectivity index (χ0v) is 13.4. The largest absolute Gasteiger partial charge is 0.404 e. The number of nitrogens with zero attached hydrogens (tertiary/aromatic N) is 5. The Hall–Kier alpha value is -1.80. The number of rotatable bonds is 0. The minimum Gasteiger partial charge on any atom is -0.370 e. The molecule has 0 radical (unpaired) electrons. The molecule has 0 amide bonds. The summed E-state index contributed by atoms with van der Waals surface area (Å²) in [6, 6.07) is 0. The molecule has 0 aromatic carbocycles. The van der Waals surface area contributed by atoms with Crippen LogP contribution in [-0.4, -0.2) is 32.2 Å². The van der Waals surface area contributed by atoms with Crippen LogP contribution in [0, 0.1) is 0 Å². The van der Waals surface area contributed by atoms with Crippen molar-refractivity contribution in [1.29, 1.82) is 0 Å². The van der Waals surface area contributed by atoms with Gasteiger partial charge in [-0.1, -0.05) is 4.52 Å². The lowest BCUT2D eigenvalue weighted by Gasteiger charge is -2.30. The Bertz CT molecular complexity index is 911. The highest BCUT2D eigenvalue weighted by molar-refractivity contribution is 7.19. The topological polar surface area (TPSA) is 68.2 Å². The number of thiophene rings is 1. The van der Waals surface area contributed by atoms with Gasteiger partial charge in [0.2, 0.25) is 5.82 Å². The van der Waals surface area contributed by atoms with Gasteiger partial charge in [0.25, 0.3) is 0 Å². The van der Waals surface area contributed by atoms with Gasteiger partial charge in [0, 0.05) is 33.2 Å². The smallest absolute Gasteiger partial charge is 0.370 e. The van der Waals surface area contributed by atoms with Gasteiger partial charge in [0.05, 0.1) is 30.7 Å². The van der Waals surface area contributed by atoms with Crippen molar-refractivity contribution in [3.63, 3.8) is 0 Å². The standard InChI is InChI=1S/C14H16N6OS/c1-14(2)6-8-9(7-21-14)22-12-10(8)11-15-4-3-5-19(11)13-16-17-18-20(12)13/h3-7H2,1-2H3/p+1. The molecule has 0 saturated carbocycles. The number of fused-ring (bicyclic) bond motifs is 8. The third-order valence-corrected chi connectivity index (χ3v) is 5.69. The van der Waals surface area contributed by atoms with Crippen molar-refractivity contribution in [2.75, 3.05) is 11.9 Å². The molecule has 0 bridgehead atoms. The molecule has 2 aliphatic heterocycles. The number of hydrogen-bond donors (Lipinski definition) is 1. The van der Waals surface area contributed by atoms with Crippen molar-refractivity contribution in [2.24, 2.45) is 0 Å². The lowest BCUT2D eigenvalue weighted by molar-refractivity contribution is -0.664. The Labute approximate surface area is 130 Å². The predicted octanol–water partition coefficient (Wildman–Crippen LogP) is 1.29. The van der Waals surface area contributed by atoms with Gasteiger partial charge in [-0.2, -0.15) is 0 Å². The van der Waals surface area contributed by atoms with E-state index in [1.807, 2.05) is 4.52 Å². The van der Waals surface area contributed by atoms with Crippen LogP contribution in [0.1, 0.15) is 30.7 Å². The summed E-state index contributed by atoms with van der Waals surface area (Å²) in [5.41, 5.74) is 1.27. The summed E-state index contributed by atoms with van der Waals surface area (Å²) in [6.45, 7) is 6.93. The number of hydrogen-bond acceptors (Lipinski definition) is 6. The minimum atomic E-state index is -0.122. The first-order chi connectivity index (χ1) is 10.6. The Morgan fingerprint density at radius 1 is 1.41 bits per heavy atom. The Kier molecular flexibility index (Phi) is 2.39. The van der Waals surface area contributed by atoms with E-state index in [4.69, 9.17) is 4.74 Å². The first-order valence-electron chi connectivity index (χ1n) is 7.60. The molecule has 3 aromatic rings. The Balaban J connectivity index is 1.93. The number of nitrogens with one attached hydrogen (secondary N) is 1. The molecular formula is C14H17N6OS+. The van der Waals surface area contributed by atoms with Crippen molar-refractivity contribution < 1.29 is 9.30 Å². The molecule has 8 heteroatoms. The maximum Gasteiger partial charge on any atom is 0.404 e. The second kappa shape index (κ2) is 4.14. The summed E-state index contributed by atoms with van der Waals surface area (Å²) in [5, 5.41) is 17.2. The highest BCUT2D eigenvalue weighted by Crippen LogP contribution is 2.41. The van der Waals surface area contributed by atoms with Crippen molar-refractivity contribution in [3.8, 4) is 0 Å². The zero-order valence-electron chi connectivity index (χ0n) is 12.6. The fourth-order valence-electron chi connectivity index (χ4n) is 3.49. The summed E-state index contributed by atoms with van der Waals surface area (Å²) in [4.78, 5) is 2.42. The number of anilines is 1. The van der Waals surface area contributed by atoms with Crippen LogP contribution in [-0.2, 0) is 24.3 Å². The molecule has 0 fully saturated rings. The molecule has 0 spiro atoms. The van der Waals surface area contributed by atoms with Gasteiger partial charge in [-0.3, -0.25) is 0 Å². The molecule has 5 heterocycles. The van der Waals surface area contributed by atoms with Crippen molar-refractivity contribution in [2.45, 2.75) is 45.4 Å². The van der Waals surface area contributed by atoms with Gasteiger partial charge < -0.3 is 10.1 Å². The summed E-state index contributed by atoms with van der Waals surface area (Å²) in [7, 11) is 0. The van der Waals surface area contributed by atoms with Crippen LogP contribution >= 0.6 is 11.3 Å². The Morgan fingerprint density at radius 2 is 2.32 bits per heavy atom. The number of tetrazole rings is 1. The van der Waals surface area contributed by atoms with Gasteiger partial charge in [0.15, 0.2) is 4.83 Å². The normalized spacial score (nSPS) is 19.9. The Morgan fingerprint density at radius 3 is 3.23 bits per heavy atom. The molecular weight excluding hydrogens is 300 g/mol. The van der Waals surface area contributed by atoms with E-state index in [2.05, 4.69) is 39.3 Å². The molecule has 22 heavy (non-hydrogen) atoms. The summed E-state index contributed by atoms with van der Waals surface area (Å²) in [5.74, 6) is 1.98. The molecule has 0 unspecified atom stereocenters. The summed E-state index contributed by atoms with van der Waals surface area (Å²) >= 11 is 1.75. The van der Waals surface area contributed by atoms with E-state index >= 15 is 0 Å². The number of ether oxygens (including phenoxy) is 1. The molecule has 0 atom stereocenters. The summed E-state index contributed by atoms with van der Waals surface area (Å²) < 4.78 is 10.1. The second-order valence-electron chi connectivity index (χ2n) is 6.58. The first kappa shape index (κ1) is 12.7. The average Bonchev–Trinajstić information content (AvgIpc) is 3.10. The van der Waals surface area contributed by atoms with Crippen LogP contribution in [0.3, 0.4) is 0 Å². The second-order valence-corrected chi connectivity index (χ2v) is 7.66. The molecule has 2 aliphatic rings. The van der Waals surface area contributed by atoms with Crippen LogP contribution < -0.4 is 9.88 Å². The third kappa shape index (κ3) is 1.59. The monoisotopic (exact) mass is 317 g/mol. The highest BCUT2D eigenvalue weighted by Gasteiger charge is 2.35. The third-order valence-electron chi connectivity index (χ3n) is 4.51. The fraction of sp³-hybridized carbons (Fsp3) is 0.571. The van der Waals surface area contributed by atoms with E-state index < -0.39 is 0 Å². The van der Waals surface area contributed by atoms with Crippen LogP contribution in [0.5, 0.6) is 0 Å². The van der Waals surface area contributed by atoms with Crippen LogP contribution in [0.4, 0.5) is 5.82 Å². The van der Waals surface area contributed by atoms with E-state index in [9.17, 15) is 0 Å². The average molecular weight is 317 g/mol. The van der Waals surface area contributed by atoms with E-state index in [1.54, 1.807) is 11.3 Å². The van der Waals surface area contributed by atoms with Crippen molar-refractivity contribution in [1.82, 2.24) is 20.0 Å². The number of aryl methyl sites for hydroxylation is 1. The molecule has 3 aromatic heterocycles.